The average Bonchev–Trinajstić information content (AvgIpc) is 2.42. The van der Waals surface area contributed by atoms with Gasteiger partial charge in [-0.1, -0.05) is 35.3 Å². The Morgan fingerprint density at radius 1 is 1.19 bits per heavy atom. The van der Waals surface area contributed by atoms with E-state index in [9.17, 15) is 9.50 Å². The molecule has 0 saturated heterocycles. The monoisotopic (exact) mass is 327 g/mol. The molecule has 0 aliphatic carbocycles. The molecule has 0 amide bonds. The van der Waals surface area contributed by atoms with Gasteiger partial charge in [0.15, 0.2) is 0 Å². The maximum Gasteiger partial charge on any atom is 0.142 e. The number of benzene rings is 2. The van der Waals surface area contributed by atoms with Gasteiger partial charge in [-0.2, -0.15) is 0 Å². The van der Waals surface area contributed by atoms with Crippen LogP contribution in [-0.4, -0.2) is 11.7 Å². The van der Waals surface area contributed by atoms with Gasteiger partial charge >= 0.3 is 0 Å². The first kappa shape index (κ1) is 16.1. The number of anilines is 1. The van der Waals surface area contributed by atoms with Crippen molar-refractivity contribution in [1.29, 1.82) is 0 Å². The Morgan fingerprint density at radius 3 is 2.52 bits per heavy atom. The van der Waals surface area contributed by atoms with Gasteiger partial charge < -0.3 is 10.4 Å². The molecule has 0 spiro atoms. The second-order valence-corrected chi connectivity index (χ2v) is 6.05. The first-order valence-electron chi connectivity index (χ1n) is 6.46. The Balaban J connectivity index is 2.44. The Morgan fingerprint density at radius 2 is 1.90 bits per heavy atom. The molecule has 1 atom stereocenters. The summed E-state index contributed by atoms with van der Waals surface area (Å²) in [6, 6.07) is 10.3. The molecule has 2 aromatic rings. The van der Waals surface area contributed by atoms with Crippen molar-refractivity contribution in [2.24, 2.45) is 0 Å². The second kappa shape index (κ2) is 6.22. The third kappa shape index (κ3) is 3.49. The molecule has 2 rings (SSSR count). The molecule has 0 fully saturated rings. The highest BCUT2D eigenvalue weighted by molar-refractivity contribution is 6.35. The van der Waals surface area contributed by atoms with Gasteiger partial charge in [-0.25, -0.2) is 4.39 Å². The summed E-state index contributed by atoms with van der Waals surface area (Å²) in [7, 11) is 0. The molecule has 5 heteroatoms. The van der Waals surface area contributed by atoms with Crippen molar-refractivity contribution in [3.63, 3.8) is 0 Å². The smallest absolute Gasteiger partial charge is 0.142 e. The summed E-state index contributed by atoms with van der Waals surface area (Å²) in [6.45, 7) is 3.47. The van der Waals surface area contributed by atoms with Crippen LogP contribution in [0, 0.1) is 12.7 Å². The van der Waals surface area contributed by atoms with Crippen molar-refractivity contribution < 1.29 is 9.50 Å². The number of hydrogen-bond acceptors (Lipinski definition) is 2. The third-order valence-corrected chi connectivity index (χ3v) is 3.96. The fourth-order valence-corrected chi connectivity index (χ4v) is 2.77. The number of rotatable bonds is 4. The summed E-state index contributed by atoms with van der Waals surface area (Å²) in [5.41, 5.74) is 1.43. The molecular weight excluding hydrogens is 312 g/mol. The van der Waals surface area contributed by atoms with Crippen molar-refractivity contribution in [2.45, 2.75) is 19.4 Å². The predicted octanol–water partition coefficient (Wildman–Crippen LogP) is 4.76. The highest BCUT2D eigenvalue weighted by Gasteiger charge is 2.29. The summed E-state index contributed by atoms with van der Waals surface area (Å²) < 4.78 is 13.7. The van der Waals surface area contributed by atoms with Crippen molar-refractivity contribution in [2.75, 3.05) is 11.9 Å². The summed E-state index contributed by atoms with van der Waals surface area (Å²) in [4.78, 5) is 0. The van der Waals surface area contributed by atoms with Crippen LogP contribution in [0.5, 0.6) is 0 Å². The summed E-state index contributed by atoms with van der Waals surface area (Å²) in [5.74, 6) is -0.568. The van der Waals surface area contributed by atoms with E-state index in [4.69, 9.17) is 23.2 Å². The van der Waals surface area contributed by atoms with Crippen LogP contribution in [0.25, 0.3) is 0 Å². The molecular formula is C16H16Cl2FNO. The minimum absolute atomic E-state index is 0.0420. The zero-order chi connectivity index (χ0) is 15.6. The summed E-state index contributed by atoms with van der Waals surface area (Å²) in [5, 5.41) is 13.2. The molecule has 0 bridgehead atoms. The van der Waals surface area contributed by atoms with Crippen LogP contribution < -0.4 is 5.32 Å². The standard InChI is InChI=1S/C16H16Cl2FNO/c1-10-4-3-5-11(6-10)20-16(2,9-21)12-7-15(19)14(18)8-13(12)17/h3-8,20-21H,9H2,1-2H3. The van der Waals surface area contributed by atoms with Crippen molar-refractivity contribution >= 4 is 28.9 Å². The first-order chi connectivity index (χ1) is 9.85. The van der Waals surface area contributed by atoms with Crippen LogP contribution in [0.2, 0.25) is 10.0 Å². The lowest BCUT2D eigenvalue weighted by Crippen LogP contribution is -2.36. The van der Waals surface area contributed by atoms with Gasteiger partial charge in [0.1, 0.15) is 5.82 Å². The van der Waals surface area contributed by atoms with Gasteiger partial charge in [0.2, 0.25) is 0 Å². The van der Waals surface area contributed by atoms with E-state index < -0.39 is 11.4 Å². The SMILES string of the molecule is Cc1cccc(NC(C)(CO)c2cc(F)c(Cl)cc2Cl)c1. The van der Waals surface area contributed by atoms with Crippen LogP contribution in [-0.2, 0) is 5.54 Å². The molecule has 0 aliphatic rings. The lowest BCUT2D eigenvalue weighted by Gasteiger charge is -2.31. The minimum atomic E-state index is -0.920. The Kier molecular flexibility index (Phi) is 4.77. The van der Waals surface area contributed by atoms with Crippen LogP contribution in [0.3, 0.4) is 0 Å². The Labute approximate surface area is 133 Å². The molecule has 21 heavy (non-hydrogen) atoms. The molecule has 1 unspecified atom stereocenters. The molecule has 2 nitrogen and oxygen atoms in total. The Hall–Kier alpha value is -1.29. The molecule has 0 heterocycles. The van der Waals surface area contributed by atoms with E-state index in [0.717, 1.165) is 11.3 Å². The van der Waals surface area contributed by atoms with Gasteiger partial charge in [0.05, 0.1) is 17.2 Å². The van der Waals surface area contributed by atoms with Gasteiger partial charge in [0.25, 0.3) is 0 Å². The topological polar surface area (TPSA) is 32.3 Å². The number of nitrogens with one attached hydrogen (secondary N) is 1. The maximum absolute atomic E-state index is 13.7. The van der Waals surface area contributed by atoms with Crippen LogP contribution in [0.15, 0.2) is 36.4 Å². The fraction of sp³-hybridized carbons (Fsp3) is 0.250. The maximum atomic E-state index is 13.7. The normalized spacial score (nSPS) is 13.8. The van der Waals surface area contributed by atoms with E-state index in [0.29, 0.717) is 10.6 Å². The summed E-state index contributed by atoms with van der Waals surface area (Å²) in [6.07, 6.45) is 0. The van der Waals surface area contributed by atoms with Crippen LogP contribution >= 0.6 is 23.2 Å². The molecule has 112 valence electrons. The number of halogens is 3. The molecule has 0 radical (unpaired) electrons. The highest BCUT2D eigenvalue weighted by Crippen LogP contribution is 2.34. The number of aryl methyl sites for hydroxylation is 1. The third-order valence-electron chi connectivity index (χ3n) is 3.36. The average molecular weight is 328 g/mol. The van der Waals surface area contributed by atoms with Crippen molar-refractivity contribution in [3.8, 4) is 0 Å². The lowest BCUT2D eigenvalue weighted by molar-refractivity contribution is 0.224. The van der Waals surface area contributed by atoms with E-state index in [2.05, 4.69) is 5.32 Å². The van der Waals surface area contributed by atoms with Crippen LogP contribution in [0.1, 0.15) is 18.1 Å². The fourth-order valence-electron chi connectivity index (χ4n) is 2.18. The molecule has 0 aromatic heterocycles. The zero-order valence-electron chi connectivity index (χ0n) is 11.8. The number of hydrogen-bond donors (Lipinski definition) is 2. The summed E-state index contributed by atoms with van der Waals surface area (Å²) >= 11 is 11.9. The van der Waals surface area contributed by atoms with Crippen molar-refractivity contribution in [1.82, 2.24) is 0 Å². The molecule has 2 N–H and O–H groups in total. The second-order valence-electron chi connectivity index (χ2n) is 5.23. The quantitative estimate of drug-likeness (QED) is 0.793. The lowest BCUT2D eigenvalue weighted by atomic mass is 9.92. The van der Waals surface area contributed by atoms with E-state index in [1.54, 1.807) is 6.92 Å². The van der Waals surface area contributed by atoms with E-state index in [-0.39, 0.29) is 11.6 Å². The van der Waals surface area contributed by atoms with Crippen molar-refractivity contribution in [3.05, 3.63) is 63.4 Å². The number of aliphatic hydroxyl groups excluding tert-OH is 1. The molecule has 0 saturated carbocycles. The molecule has 0 aliphatic heterocycles. The van der Waals surface area contributed by atoms with Gasteiger partial charge in [0, 0.05) is 16.3 Å². The zero-order valence-corrected chi connectivity index (χ0v) is 13.3. The minimum Gasteiger partial charge on any atom is -0.394 e. The number of aliphatic hydroxyl groups is 1. The van der Waals surface area contributed by atoms with E-state index in [1.807, 2.05) is 31.2 Å². The first-order valence-corrected chi connectivity index (χ1v) is 7.22. The highest BCUT2D eigenvalue weighted by atomic mass is 35.5. The van der Waals surface area contributed by atoms with Gasteiger partial charge in [-0.15, -0.1) is 0 Å². The molecule has 2 aromatic carbocycles. The van der Waals surface area contributed by atoms with E-state index in [1.165, 1.54) is 12.1 Å². The van der Waals surface area contributed by atoms with Gasteiger partial charge in [-0.05, 0) is 43.7 Å². The largest absolute Gasteiger partial charge is 0.394 e. The Bertz CT molecular complexity index is 663. The van der Waals surface area contributed by atoms with Crippen LogP contribution in [0.4, 0.5) is 10.1 Å². The van der Waals surface area contributed by atoms with Gasteiger partial charge in [-0.3, -0.25) is 0 Å². The van der Waals surface area contributed by atoms with E-state index >= 15 is 0 Å². The predicted molar refractivity (Wildman–Crippen MR) is 85.7 cm³/mol.